The van der Waals surface area contributed by atoms with Gasteiger partial charge >= 0.3 is 21.6 Å². The van der Waals surface area contributed by atoms with Gasteiger partial charge in [0.25, 0.3) is 0 Å². The van der Waals surface area contributed by atoms with E-state index in [-0.39, 0.29) is 29.1 Å². The highest BCUT2D eigenvalue weighted by Crippen LogP contribution is 2.38. The number of halogens is 5. The molecule has 0 spiro atoms. The molecule has 14 heteroatoms. The molecule has 1 heterocycles. The van der Waals surface area contributed by atoms with Crippen LogP contribution >= 0.6 is 23.5 Å². The summed E-state index contributed by atoms with van der Waals surface area (Å²) in [7, 11) is -5.84. The average molecular weight is 729 g/mol. The standard InChI is InChI=1S/C16H23FO2S.C16H21FOS.CHF3O3S/c1-2-3-4-5-6-7-15(12-16(18)19)20-14-10-8-13(17)9-11-14;1-2-3-4-5-6-7-13-11-15(18)14-10-12(17)8-9-16(14)19-13;2-1(3,4)8(5,6)7/h8-11,15H,2-7,12H2,1H3,(H,18,19);8-10,13H,2-7,11H2,1H3;(H,5,6,7). The summed E-state index contributed by atoms with van der Waals surface area (Å²) < 4.78 is 83.5. The molecule has 0 aliphatic carbocycles. The van der Waals surface area contributed by atoms with E-state index in [9.17, 15) is 31.5 Å². The average Bonchev–Trinajstić information content (AvgIpc) is 2.98. The molecule has 0 saturated carbocycles. The molecule has 47 heavy (non-hydrogen) atoms. The van der Waals surface area contributed by atoms with Gasteiger partial charge in [0, 0.05) is 32.3 Å². The maximum atomic E-state index is 13.1. The molecule has 2 unspecified atom stereocenters. The number of unbranched alkanes of at least 4 members (excludes halogenated alkanes) is 8. The second kappa shape index (κ2) is 22.5. The first kappa shape index (κ1) is 42.9. The van der Waals surface area contributed by atoms with Crippen LogP contribution in [0.5, 0.6) is 0 Å². The number of hydrogen-bond acceptors (Lipinski definition) is 6. The number of benzene rings is 2. The van der Waals surface area contributed by atoms with Crippen LogP contribution in [0.25, 0.3) is 0 Å². The number of hydrogen-bond donors (Lipinski definition) is 2. The molecule has 0 amide bonds. The van der Waals surface area contributed by atoms with Crippen molar-refractivity contribution in [3.8, 4) is 0 Å². The zero-order chi connectivity index (χ0) is 35.5. The summed E-state index contributed by atoms with van der Waals surface area (Å²) in [5, 5.41) is 9.42. The molecule has 2 aromatic rings. The predicted octanol–water partition coefficient (Wildman–Crippen LogP) is 10.7. The van der Waals surface area contributed by atoms with Gasteiger partial charge in [0.2, 0.25) is 0 Å². The minimum absolute atomic E-state index is 0.0691. The van der Waals surface area contributed by atoms with Gasteiger partial charge in [-0.3, -0.25) is 14.1 Å². The number of alkyl halides is 3. The first-order valence-electron chi connectivity index (χ1n) is 15.7. The highest BCUT2D eigenvalue weighted by Gasteiger charge is 2.44. The summed E-state index contributed by atoms with van der Waals surface area (Å²) in [5.41, 5.74) is -4.96. The molecule has 1 aliphatic heterocycles. The Balaban J connectivity index is 0.000000384. The predicted molar refractivity (Wildman–Crippen MR) is 178 cm³/mol. The topological polar surface area (TPSA) is 109 Å². The fraction of sp³-hybridized carbons (Fsp3) is 0.576. The Morgan fingerprint density at radius 2 is 1.45 bits per heavy atom. The van der Waals surface area contributed by atoms with Crippen molar-refractivity contribution in [2.75, 3.05) is 0 Å². The van der Waals surface area contributed by atoms with Gasteiger partial charge in [-0.15, -0.1) is 23.5 Å². The van der Waals surface area contributed by atoms with Gasteiger partial charge in [-0.25, -0.2) is 8.78 Å². The van der Waals surface area contributed by atoms with E-state index in [0.29, 0.717) is 17.2 Å². The minimum atomic E-state index is -5.84. The molecule has 6 nitrogen and oxygen atoms in total. The van der Waals surface area contributed by atoms with Crippen molar-refractivity contribution in [3.63, 3.8) is 0 Å². The number of carboxylic acids is 1. The van der Waals surface area contributed by atoms with Gasteiger partial charge in [-0.2, -0.15) is 21.6 Å². The highest BCUT2D eigenvalue weighted by molar-refractivity contribution is 8.00. The molecule has 0 radical (unpaired) electrons. The van der Waals surface area contributed by atoms with E-state index in [1.807, 2.05) is 0 Å². The number of carbonyl (C=O) groups excluding carboxylic acids is 1. The largest absolute Gasteiger partial charge is 0.522 e. The summed E-state index contributed by atoms with van der Waals surface area (Å²) in [4.78, 5) is 24.8. The number of carboxylic acid groups (broad SMARTS) is 1. The van der Waals surface area contributed by atoms with Crippen molar-refractivity contribution in [1.82, 2.24) is 0 Å². The molecule has 266 valence electrons. The minimum Gasteiger partial charge on any atom is -0.481 e. The smallest absolute Gasteiger partial charge is 0.481 e. The lowest BCUT2D eigenvalue weighted by molar-refractivity contribution is -0.137. The third-order valence-corrected chi connectivity index (χ3v) is 10.2. The fourth-order valence-corrected chi connectivity index (χ4v) is 7.09. The van der Waals surface area contributed by atoms with Gasteiger partial charge in [-0.05, 0) is 55.3 Å². The summed E-state index contributed by atoms with van der Waals surface area (Å²) in [5.74, 6) is -1.24. The maximum Gasteiger partial charge on any atom is 0.522 e. The lowest BCUT2D eigenvalue weighted by Gasteiger charge is -2.23. The summed E-state index contributed by atoms with van der Waals surface area (Å²) in [6, 6.07) is 10.8. The molecule has 0 bridgehead atoms. The first-order valence-corrected chi connectivity index (χ1v) is 18.9. The van der Waals surface area contributed by atoms with Crippen molar-refractivity contribution in [2.45, 2.75) is 130 Å². The van der Waals surface area contributed by atoms with Crippen molar-refractivity contribution in [3.05, 3.63) is 59.7 Å². The van der Waals surface area contributed by atoms with Crippen LogP contribution in [0.2, 0.25) is 0 Å². The Morgan fingerprint density at radius 3 is 1.98 bits per heavy atom. The van der Waals surface area contributed by atoms with E-state index in [4.69, 9.17) is 18.1 Å². The van der Waals surface area contributed by atoms with E-state index in [1.54, 1.807) is 41.7 Å². The summed E-state index contributed by atoms with van der Waals surface area (Å²) in [6.45, 7) is 4.39. The van der Waals surface area contributed by atoms with Crippen LogP contribution in [0, 0.1) is 11.6 Å². The molecule has 2 atom stereocenters. The normalized spacial score (nSPS) is 15.1. The third-order valence-electron chi connectivity index (χ3n) is 7.02. The number of Topliss-reactive ketones (excluding diaryl/α,β-unsaturated/α-hetero) is 1. The van der Waals surface area contributed by atoms with Crippen LogP contribution in [0.3, 0.4) is 0 Å². The summed E-state index contributed by atoms with van der Waals surface area (Å²) >= 11 is 3.29. The van der Waals surface area contributed by atoms with Gasteiger partial charge in [0.1, 0.15) is 11.6 Å². The molecule has 0 saturated heterocycles. The molecule has 2 N–H and O–H groups in total. The number of aliphatic carboxylic acids is 1. The SMILES string of the molecule is CCCCCCCC(CC(=O)O)Sc1ccc(F)cc1.CCCCCCCC1CC(=O)c2cc(F)ccc2S1.O=S(=O)(O)C(F)(F)F. The van der Waals surface area contributed by atoms with Crippen LogP contribution in [-0.4, -0.2) is 45.8 Å². The van der Waals surface area contributed by atoms with Crippen molar-refractivity contribution in [2.24, 2.45) is 0 Å². The van der Waals surface area contributed by atoms with Crippen LogP contribution < -0.4 is 0 Å². The lowest BCUT2D eigenvalue weighted by atomic mass is 10.0. The van der Waals surface area contributed by atoms with Crippen LogP contribution in [0.4, 0.5) is 22.0 Å². The van der Waals surface area contributed by atoms with Crippen LogP contribution in [-0.2, 0) is 14.9 Å². The van der Waals surface area contributed by atoms with E-state index >= 15 is 0 Å². The molecule has 0 aromatic heterocycles. The lowest BCUT2D eigenvalue weighted by Crippen LogP contribution is -2.21. The maximum absolute atomic E-state index is 13.1. The van der Waals surface area contributed by atoms with Crippen molar-refractivity contribution >= 4 is 45.4 Å². The third kappa shape index (κ3) is 18.8. The van der Waals surface area contributed by atoms with E-state index in [1.165, 1.54) is 75.6 Å². The quantitative estimate of drug-likeness (QED) is 0.0578. The Kier molecular flexibility index (Phi) is 20.5. The fourth-order valence-electron chi connectivity index (χ4n) is 4.58. The Labute approximate surface area is 283 Å². The Bertz CT molecular complexity index is 1320. The molecular weight excluding hydrogens is 684 g/mol. The van der Waals surface area contributed by atoms with E-state index in [0.717, 1.165) is 35.5 Å². The second-order valence-corrected chi connectivity index (χ2v) is 15.3. The summed E-state index contributed by atoms with van der Waals surface area (Å²) in [6.07, 6.45) is 14.9. The van der Waals surface area contributed by atoms with Crippen molar-refractivity contribution in [1.29, 1.82) is 0 Å². The van der Waals surface area contributed by atoms with Gasteiger partial charge in [0.05, 0.1) is 6.42 Å². The zero-order valence-corrected chi connectivity index (χ0v) is 29.2. The Morgan fingerprint density at radius 1 is 0.915 bits per heavy atom. The molecule has 3 rings (SSSR count). The number of fused-ring (bicyclic) bond motifs is 1. The Hall–Kier alpha value is -2.16. The van der Waals surface area contributed by atoms with Crippen LogP contribution in [0.15, 0.2) is 52.3 Å². The number of thioether (sulfide) groups is 2. The number of rotatable bonds is 16. The molecular formula is C33H45F5O6S3. The van der Waals surface area contributed by atoms with Crippen molar-refractivity contribution < 1.29 is 49.6 Å². The highest BCUT2D eigenvalue weighted by atomic mass is 32.2. The van der Waals surface area contributed by atoms with E-state index in [2.05, 4.69) is 13.8 Å². The monoisotopic (exact) mass is 728 g/mol. The van der Waals surface area contributed by atoms with Gasteiger partial charge in [-0.1, -0.05) is 78.1 Å². The second-order valence-electron chi connectivity index (χ2n) is 11.1. The number of carbonyl (C=O) groups is 2. The van der Waals surface area contributed by atoms with Crippen LogP contribution in [0.1, 0.15) is 114 Å². The molecule has 0 fully saturated rings. The van der Waals surface area contributed by atoms with Gasteiger partial charge < -0.3 is 5.11 Å². The number of ketones is 1. The molecule has 2 aromatic carbocycles. The zero-order valence-electron chi connectivity index (χ0n) is 26.7. The first-order chi connectivity index (χ1) is 22.1. The van der Waals surface area contributed by atoms with E-state index < -0.39 is 21.6 Å². The molecule has 1 aliphatic rings. The van der Waals surface area contributed by atoms with Gasteiger partial charge in [0.15, 0.2) is 5.78 Å².